The second kappa shape index (κ2) is 7.16. The molecule has 0 heterocycles. The Balaban J connectivity index is 1.92. The van der Waals surface area contributed by atoms with Crippen LogP contribution in [0.2, 0.25) is 0 Å². The molecule has 2 nitrogen and oxygen atoms in total. The molecule has 0 unspecified atom stereocenters. The lowest BCUT2D eigenvalue weighted by Gasteiger charge is -1.98. The first kappa shape index (κ1) is 13.9. The van der Waals surface area contributed by atoms with Gasteiger partial charge in [-0.25, -0.2) is 0 Å². The van der Waals surface area contributed by atoms with Crippen LogP contribution >= 0.6 is 0 Å². The first-order chi connectivity index (χ1) is 9.74. The van der Waals surface area contributed by atoms with Crippen molar-refractivity contribution < 1.29 is 9.90 Å². The molecule has 20 heavy (non-hydrogen) atoms. The molecule has 0 fully saturated rings. The van der Waals surface area contributed by atoms with E-state index in [1.54, 1.807) is 0 Å². The molecule has 0 saturated carbocycles. The smallest absolute Gasteiger partial charge is 0.303 e. The summed E-state index contributed by atoms with van der Waals surface area (Å²) in [6, 6.07) is 17.9. The molecule has 2 rings (SSSR count). The van der Waals surface area contributed by atoms with E-state index in [4.69, 9.17) is 5.11 Å². The Morgan fingerprint density at radius 2 is 1.65 bits per heavy atom. The van der Waals surface area contributed by atoms with Gasteiger partial charge < -0.3 is 5.11 Å². The van der Waals surface area contributed by atoms with Crippen molar-refractivity contribution in [2.45, 2.75) is 19.3 Å². The summed E-state index contributed by atoms with van der Waals surface area (Å²) in [6.45, 7) is 0. The van der Waals surface area contributed by atoms with Crippen LogP contribution in [0.5, 0.6) is 0 Å². The maximum Gasteiger partial charge on any atom is 0.303 e. The standard InChI is InChI=1S/C18H16O2/c19-18(20)14-13-17-11-9-16(10-12-17)8-4-7-15-5-2-1-3-6-15/h1-3,5-6,9-12H,7,13-14H2,(H,19,20). The minimum absolute atomic E-state index is 0.166. The van der Waals surface area contributed by atoms with Gasteiger partial charge in [0.15, 0.2) is 0 Å². The summed E-state index contributed by atoms with van der Waals surface area (Å²) in [5, 5.41) is 8.63. The molecule has 100 valence electrons. The predicted octanol–water partition coefficient (Wildman–Crippen LogP) is 3.30. The summed E-state index contributed by atoms with van der Waals surface area (Å²) in [7, 11) is 0. The summed E-state index contributed by atoms with van der Waals surface area (Å²) < 4.78 is 0. The third-order valence-electron chi connectivity index (χ3n) is 2.95. The number of carboxylic acid groups (broad SMARTS) is 1. The molecule has 2 aromatic carbocycles. The first-order valence-corrected chi connectivity index (χ1v) is 6.57. The Morgan fingerprint density at radius 1 is 0.950 bits per heavy atom. The fourth-order valence-electron chi connectivity index (χ4n) is 1.85. The maximum atomic E-state index is 10.5. The maximum absolute atomic E-state index is 10.5. The van der Waals surface area contributed by atoms with E-state index in [2.05, 4.69) is 24.0 Å². The summed E-state index contributed by atoms with van der Waals surface area (Å²) in [4.78, 5) is 10.5. The van der Waals surface area contributed by atoms with Crippen molar-refractivity contribution in [3.63, 3.8) is 0 Å². The van der Waals surface area contributed by atoms with Gasteiger partial charge in [-0.1, -0.05) is 54.3 Å². The van der Waals surface area contributed by atoms with Gasteiger partial charge in [-0.05, 0) is 29.7 Å². The minimum atomic E-state index is -0.767. The van der Waals surface area contributed by atoms with Gasteiger partial charge >= 0.3 is 5.97 Å². The Bertz CT molecular complexity index is 616. The van der Waals surface area contributed by atoms with Crippen molar-refractivity contribution in [3.05, 3.63) is 71.3 Å². The number of aliphatic carboxylic acids is 1. The molecule has 0 aliphatic heterocycles. The number of rotatable bonds is 4. The molecule has 0 spiro atoms. The van der Waals surface area contributed by atoms with Crippen LogP contribution in [0.15, 0.2) is 54.6 Å². The fourth-order valence-corrected chi connectivity index (χ4v) is 1.85. The van der Waals surface area contributed by atoms with E-state index in [1.165, 1.54) is 5.56 Å². The molecule has 0 aliphatic rings. The van der Waals surface area contributed by atoms with Crippen molar-refractivity contribution in [1.82, 2.24) is 0 Å². The molecular weight excluding hydrogens is 248 g/mol. The number of carbonyl (C=O) groups is 1. The van der Waals surface area contributed by atoms with Crippen LogP contribution < -0.4 is 0 Å². The zero-order valence-electron chi connectivity index (χ0n) is 11.2. The zero-order chi connectivity index (χ0) is 14.2. The van der Waals surface area contributed by atoms with Gasteiger partial charge in [0.1, 0.15) is 0 Å². The number of aryl methyl sites for hydroxylation is 1. The molecule has 0 atom stereocenters. The van der Waals surface area contributed by atoms with Crippen LogP contribution in [-0.2, 0) is 17.6 Å². The predicted molar refractivity (Wildman–Crippen MR) is 79.4 cm³/mol. The second-order valence-electron chi connectivity index (χ2n) is 4.55. The van der Waals surface area contributed by atoms with E-state index in [1.807, 2.05) is 42.5 Å². The lowest BCUT2D eigenvalue weighted by atomic mass is 10.1. The van der Waals surface area contributed by atoms with Crippen LogP contribution in [0, 0.1) is 11.8 Å². The van der Waals surface area contributed by atoms with E-state index in [-0.39, 0.29) is 6.42 Å². The topological polar surface area (TPSA) is 37.3 Å². The monoisotopic (exact) mass is 264 g/mol. The molecule has 0 aromatic heterocycles. The normalized spacial score (nSPS) is 9.60. The molecule has 2 heteroatoms. The molecule has 0 bridgehead atoms. The molecule has 0 aliphatic carbocycles. The quantitative estimate of drug-likeness (QED) is 0.860. The highest BCUT2D eigenvalue weighted by Crippen LogP contribution is 2.06. The van der Waals surface area contributed by atoms with Gasteiger partial charge in [-0.15, -0.1) is 0 Å². The number of hydrogen-bond acceptors (Lipinski definition) is 1. The van der Waals surface area contributed by atoms with Gasteiger partial charge in [0.05, 0.1) is 0 Å². The van der Waals surface area contributed by atoms with Crippen LogP contribution in [-0.4, -0.2) is 11.1 Å². The molecule has 0 radical (unpaired) electrons. The Kier molecular flexibility index (Phi) is 4.97. The Morgan fingerprint density at radius 3 is 2.30 bits per heavy atom. The highest BCUT2D eigenvalue weighted by molar-refractivity contribution is 5.67. The minimum Gasteiger partial charge on any atom is -0.481 e. The van der Waals surface area contributed by atoms with E-state index >= 15 is 0 Å². The van der Waals surface area contributed by atoms with Crippen molar-refractivity contribution >= 4 is 5.97 Å². The number of benzene rings is 2. The summed E-state index contributed by atoms with van der Waals surface area (Å²) in [6.07, 6.45) is 1.47. The van der Waals surface area contributed by atoms with E-state index in [0.717, 1.165) is 17.5 Å². The number of hydrogen-bond donors (Lipinski definition) is 1. The van der Waals surface area contributed by atoms with Crippen molar-refractivity contribution in [1.29, 1.82) is 0 Å². The second-order valence-corrected chi connectivity index (χ2v) is 4.55. The summed E-state index contributed by atoms with van der Waals surface area (Å²) in [5.74, 6) is 5.50. The van der Waals surface area contributed by atoms with Crippen molar-refractivity contribution in [2.24, 2.45) is 0 Å². The lowest BCUT2D eigenvalue weighted by molar-refractivity contribution is -0.136. The molecule has 2 aromatic rings. The van der Waals surface area contributed by atoms with E-state index in [9.17, 15) is 4.79 Å². The summed E-state index contributed by atoms with van der Waals surface area (Å²) >= 11 is 0. The summed E-state index contributed by atoms with van der Waals surface area (Å²) in [5.41, 5.74) is 3.19. The highest BCUT2D eigenvalue weighted by Gasteiger charge is 1.98. The van der Waals surface area contributed by atoms with Crippen molar-refractivity contribution in [3.8, 4) is 11.8 Å². The van der Waals surface area contributed by atoms with E-state index in [0.29, 0.717) is 6.42 Å². The molecule has 0 saturated heterocycles. The Hall–Kier alpha value is -2.53. The van der Waals surface area contributed by atoms with Crippen LogP contribution in [0.3, 0.4) is 0 Å². The largest absolute Gasteiger partial charge is 0.481 e. The van der Waals surface area contributed by atoms with Crippen LogP contribution in [0.1, 0.15) is 23.1 Å². The zero-order valence-corrected chi connectivity index (χ0v) is 11.2. The third-order valence-corrected chi connectivity index (χ3v) is 2.95. The molecule has 0 amide bonds. The molecular formula is C18H16O2. The highest BCUT2D eigenvalue weighted by atomic mass is 16.4. The van der Waals surface area contributed by atoms with Crippen LogP contribution in [0.4, 0.5) is 0 Å². The van der Waals surface area contributed by atoms with Gasteiger partial charge in [0, 0.05) is 18.4 Å². The van der Waals surface area contributed by atoms with Gasteiger partial charge in [0.2, 0.25) is 0 Å². The van der Waals surface area contributed by atoms with E-state index < -0.39 is 5.97 Å². The van der Waals surface area contributed by atoms with Gasteiger partial charge in [-0.3, -0.25) is 4.79 Å². The van der Waals surface area contributed by atoms with Crippen LogP contribution in [0.25, 0.3) is 0 Å². The third kappa shape index (κ3) is 4.62. The Labute approximate surface area is 119 Å². The first-order valence-electron chi connectivity index (χ1n) is 6.57. The lowest BCUT2D eigenvalue weighted by Crippen LogP contribution is -1.97. The SMILES string of the molecule is O=C(O)CCc1ccc(C#CCc2ccccc2)cc1. The average molecular weight is 264 g/mol. The van der Waals surface area contributed by atoms with Gasteiger partial charge in [0.25, 0.3) is 0 Å². The number of carboxylic acids is 1. The van der Waals surface area contributed by atoms with Gasteiger partial charge in [-0.2, -0.15) is 0 Å². The fraction of sp³-hybridized carbons (Fsp3) is 0.167. The van der Waals surface area contributed by atoms with Crippen molar-refractivity contribution in [2.75, 3.05) is 0 Å². The average Bonchev–Trinajstić information content (AvgIpc) is 2.47. The molecule has 1 N–H and O–H groups in total.